The van der Waals surface area contributed by atoms with Crippen molar-refractivity contribution in [3.05, 3.63) is 4.91 Å². The monoisotopic (exact) mass is 137 g/mol. The van der Waals surface area contributed by atoms with E-state index in [9.17, 15) is 9.70 Å². The summed E-state index contributed by atoms with van der Waals surface area (Å²) in [6.45, 7) is 0. The Morgan fingerprint density at radius 2 is 2.00 bits per heavy atom. The van der Waals surface area contributed by atoms with Crippen molar-refractivity contribution in [1.82, 2.24) is 0 Å². The number of nitrogens with zero attached hydrogens (tertiary/aromatic N) is 1. The Morgan fingerprint density at radius 3 is 2.11 bits per heavy atom. The topological polar surface area (TPSA) is 116 Å². The molecule has 9 heavy (non-hydrogen) atoms. The van der Waals surface area contributed by atoms with Gasteiger partial charge in [-0.25, -0.2) is 4.79 Å². The zero-order chi connectivity index (χ0) is 7.49. The lowest BCUT2D eigenvalue weighted by Crippen LogP contribution is -2.36. The fraction of sp³-hybridized carbons (Fsp3) is 0.500. The molecule has 7 nitrogen and oxygen atoms in total. The van der Waals surface area contributed by atoms with Gasteiger partial charge in [0.2, 0.25) is 0 Å². The highest BCUT2D eigenvalue weighted by Crippen LogP contribution is 2.01. The van der Waals surface area contributed by atoms with E-state index in [1.165, 1.54) is 5.18 Å². The summed E-state index contributed by atoms with van der Waals surface area (Å²) in [5, 5.41) is 25.0. The van der Waals surface area contributed by atoms with Crippen LogP contribution in [-0.4, -0.2) is 27.4 Å². The van der Waals surface area contributed by atoms with Crippen LogP contribution in [0.1, 0.15) is 0 Å². The van der Waals surface area contributed by atoms with E-state index in [-0.39, 0.29) is 0 Å². The van der Waals surface area contributed by atoms with Gasteiger partial charge in [0.1, 0.15) is 0 Å². The Hall–Kier alpha value is -1.05. The van der Waals surface area contributed by atoms with Crippen molar-refractivity contribution in [2.75, 3.05) is 0 Å². The van der Waals surface area contributed by atoms with Gasteiger partial charge in [-0.15, -0.1) is 4.91 Å². The highest BCUT2D eigenvalue weighted by atomic mass is 17.1. The minimum absolute atomic E-state index is 1.52. The first-order chi connectivity index (χ1) is 4.04. The van der Waals surface area contributed by atoms with Crippen molar-refractivity contribution in [2.45, 2.75) is 5.91 Å². The molecule has 0 aromatic heterocycles. The zero-order valence-electron chi connectivity index (χ0n) is 4.01. The van der Waals surface area contributed by atoms with E-state index in [1.54, 1.807) is 0 Å². The molecule has 0 fully saturated rings. The third-order valence-corrected chi connectivity index (χ3v) is 0.484. The van der Waals surface area contributed by atoms with Gasteiger partial charge >= 0.3 is 11.9 Å². The summed E-state index contributed by atoms with van der Waals surface area (Å²) in [5.74, 6) is -5.44. The molecular formula is C2H3NO6. The van der Waals surface area contributed by atoms with E-state index >= 15 is 0 Å². The molecule has 0 aliphatic rings. The summed E-state index contributed by atoms with van der Waals surface area (Å²) in [6, 6.07) is 0. The summed E-state index contributed by atoms with van der Waals surface area (Å²) >= 11 is 0. The van der Waals surface area contributed by atoms with Gasteiger partial charge < -0.3 is 10.2 Å². The first-order valence-corrected chi connectivity index (χ1v) is 1.69. The van der Waals surface area contributed by atoms with Crippen molar-refractivity contribution in [3.63, 3.8) is 0 Å². The number of nitroso groups, excluding NO2 is 1. The molecule has 0 aromatic rings. The predicted molar refractivity (Wildman–Crippen MR) is 21.7 cm³/mol. The van der Waals surface area contributed by atoms with Crippen LogP contribution in [0.2, 0.25) is 0 Å². The standard InChI is InChI=1S/C2H3NO6/c4-1(9-8)2(5,6)3-7/h5-6,8H. The molecule has 0 bridgehead atoms. The van der Waals surface area contributed by atoms with Gasteiger partial charge in [-0.1, -0.05) is 0 Å². The lowest BCUT2D eigenvalue weighted by molar-refractivity contribution is -0.275. The van der Waals surface area contributed by atoms with Crippen molar-refractivity contribution in [3.8, 4) is 0 Å². The van der Waals surface area contributed by atoms with Crippen molar-refractivity contribution in [2.24, 2.45) is 5.18 Å². The highest BCUT2D eigenvalue weighted by Gasteiger charge is 2.37. The maximum atomic E-state index is 9.80. The van der Waals surface area contributed by atoms with Gasteiger partial charge in [0.25, 0.3) is 0 Å². The molecule has 0 aromatic carbocycles. The SMILES string of the molecule is O=NC(O)(O)C(=O)OO. The molecule has 0 rings (SSSR count). The molecule has 0 saturated carbocycles. The normalized spacial score (nSPS) is 10.6. The van der Waals surface area contributed by atoms with Crippen LogP contribution in [0.5, 0.6) is 0 Å². The zero-order valence-corrected chi connectivity index (χ0v) is 4.01. The Bertz CT molecular complexity index is 129. The van der Waals surface area contributed by atoms with Crippen molar-refractivity contribution < 1.29 is 25.2 Å². The van der Waals surface area contributed by atoms with Crippen LogP contribution in [0.3, 0.4) is 0 Å². The molecule has 52 valence electrons. The molecule has 0 aliphatic carbocycles. The molecule has 7 heteroatoms. The molecule has 0 unspecified atom stereocenters. The molecule has 0 heterocycles. The second kappa shape index (κ2) is 2.49. The molecule has 3 N–H and O–H groups in total. The van der Waals surface area contributed by atoms with Crippen LogP contribution in [-0.2, 0) is 9.68 Å². The summed E-state index contributed by atoms with van der Waals surface area (Å²) in [4.78, 5) is 21.8. The van der Waals surface area contributed by atoms with Crippen LogP contribution in [0.4, 0.5) is 0 Å². The van der Waals surface area contributed by atoms with Crippen LogP contribution >= 0.6 is 0 Å². The molecule has 0 atom stereocenters. The first kappa shape index (κ1) is 7.95. The van der Waals surface area contributed by atoms with Crippen LogP contribution < -0.4 is 0 Å². The number of aliphatic hydroxyl groups is 2. The fourth-order valence-electron chi connectivity index (χ4n) is 0.0985. The Kier molecular flexibility index (Phi) is 2.20. The second-order valence-corrected chi connectivity index (χ2v) is 1.11. The fourth-order valence-corrected chi connectivity index (χ4v) is 0.0985. The minimum Gasteiger partial charge on any atom is -0.336 e. The second-order valence-electron chi connectivity index (χ2n) is 1.11. The molecule has 0 saturated heterocycles. The van der Waals surface area contributed by atoms with Crippen LogP contribution in [0.15, 0.2) is 5.18 Å². The Balaban J connectivity index is 4.14. The van der Waals surface area contributed by atoms with Crippen molar-refractivity contribution in [1.29, 1.82) is 0 Å². The van der Waals surface area contributed by atoms with Gasteiger partial charge in [-0.2, -0.15) is 5.26 Å². The van der Waals surface area contributed by atoms with E-state index < -0.39 is 11.9 Å². The summed E-state index contributed by atoms with van der Waals surface area (Å²) in [6.07, 6.45) is 0. The highest BCUT2D eigenvalue weighted by molar-refractivity contribution is 5.75. The molecule has 0 amide bonds. The van der Waals surface area contributed by atoms with Gasteiger partial charge in [0, 0.05) is 5.18 Å². The molecule has 0 aliphatic heterocycles. The van der Waals surface area contributed by atoms with Gasteiger partial charge in [-0.05, 0) is 0 Å². The maximum Gasteiger partial charge on any atom is 0.428 e. The van der Waals surface area contributed by atoms with Crippen LogP contribution in [0, 0.1) is 4.91 Å². The van der Waals surface area contributed by atoms with E-state index in [1.807, 2.05) is 0 Å². The van der Waals surface area contributed by atoms with E-state index in [4.69, 9.17) is 15.5 Å². The first-order valence-electron chi connectivity index (χ1n) is 1.69. The van der Waals surface area contributed by atoms with Crippen LogP contribution in [0.25, 0.3) is 0 Å². The summed E-state index contributed by atoms with van der Waals surface area (Å²) < 4.78 is 0. The third-order valence-electron chi connectivity index (χ3n) is 0.484. The van der Waals surface area contributed by atoms with Crippen molar-refractivity contribution >= 4 is 5.97 Å². The smallest absolute Gasteiger partial charge is 0.336 e. The Morgan fingerprint density at radius 1 is 1.56 bits per heavy atom. The van der Waals surface area contributed by atoms with Gasteiger partial charge in [0.05, 0.1) is 0 Å². The number of hydrogen-bond acceptors (Lipinski definition) is 7. The lowest BCUT2D eigenvalue weighted by Gasteiger charge is -2.05. The minimum atomic E-state index is -3.49. The average molecular weight is 137 g/mol. The quantitative estimate of drug-likeness (QED) is 0.183. The number of hydrogen-bond donors (Lipinski definition) is 3. The number of carbonyl (C=O) groups excluding carboxylic acids is 1. The van der Waals surface area contributed by atoms with Gasteiger partial charge in [0.15, 0.2) is 0 Å². The summed E-state index contributed by atoms with van der Waals surface area (Å²) in [5.41, 5.74) is 0. The third kappa shape index (κ3) is 1.72. The number of rotatable bonds is 2. The lowest BCUT2D eigenvalue weighted by atomic mass is 10.5. The molecule has 0 spiro atoms. The predicted octanol–water partition coefficient (Wildman–Crippen LogP) is -1.59. The summed E-state index contributed by atoms with van der Waals surface area (Å²) in [7, 11) is 0. The van der Waals surface area contributed by atoms with Gasteiger partial charge in [-0.3, -0.25) is 4.89 Å². The van der Waals surface area contributed by atoms with E-state index in [0.29, 0.717) is 0 Å². The maximum absolute atomic E-state index is 9.80. The number of carbonyl (C=O) groups is 1. The Labute approximate surface area is 48.4 Å². The molecular weight excluding hydrogens is 134 g/mol. The van der Waals surface area contributed by atoms with E-state index in [0.717, 1.165) is 0 Å². The largest absolute Gasteiger partial charge is 0.428 e. The average Bonchev–Trinajstić information content (AvgIpc) is 1.86. The van der Waals surface area contributed by atoms with E-state index in [2.05, 4.69) is 4.89 Å². The molecule has 0 radical (unpaired) electrons.